The number of methoxy groups -OCH3 is 1. The van der Waals surface area contributed by atoms with Crippen molar-refractivity contribution in [3.8, 4) is 11.5 Å². The minimum atomic E-state index is -0.748. The van der Waals surface area contributed by atoms with Gasteiger partial charge in [0.2, 0.25) is 0 Å². The molecule has 0 saturated carbocycles. The van der Waals surface area contributed by atoms with E-state index in [4.69, 9.17) is 9.47 Å². The maximum Gasteiger partial charge on any atom is 0.343 e. The van der Waals surface area contributed by atoms with Crippen LogP contribution in [0.1, 0.15) is 20.7 Å². The van der Waals surface area contributed by atoms with Crippen molar-refractivity contribution in [2.45, 2.75) is 0 Å². The first kappa shape index (κ1) is 15.2. The molecule has 0 unspecified atom stereocenters. The SMILES string of the molecule is COc1cccc(C=O)c1OC(=O)c1ccc([N+](=O)[O-])cc1. The van der Waals surface area contributed by atoms with Gasteiger partial charge in [0.25, 0.3) is 5.69 Å². The summed E-state index contributed by atoms with van der Waals surface area (Å²) in [6.45, 7) is 0. The Bertz CT molecular complexity index is 723. The molecule has 0 saturated heterocycles. The summed E-state index contributed by atoms with van der Waals surface area (Å²) in [6, 6.07) is 9.55. The minimum Gasteiger partial charge on any atom is -0.493 e. The zero-order valence-corrected chi connectivity index (χ0v) is 11.5. The van der Waals surface area contributed by atoms with Gasteiger partial charge in [-0.3, -0.25) is 14.9 Å². The summed E-state index contributed by atoms with van der Waals surface area (Å²) < 4.78 is 10.2. The van der Waals surface area contributed by atoms with E-state index in [1.165, 1.54) is 37.4 Å². The van der Waals surface area contributed by atoms with E-state index in [9.17, 15) is 19.7 Å². The van der Waals surface area contributed by atoms with Gasteiger partial charge in [0.15, 0.2) is 17.8 Å². The zero-order valence-electron chi connectivity index (χ0n) is 11.5. The molecular formula is C15H11NO6. The smallest absolute Gasteiger partial charge is 0.343 e. The number of aldehydes is 1. The van der Waals surface area contributed by atoms with E-state index in [2.05, 4.69) is 0 Å². The van der Waals surface area contributed by atoms with Gasteiger partial charge in [0.1, 0.15) is 0 Å². The number of hydrogen-bond acceptors (Lipinski definition) is 6. The number of para-hydroxylation sites is 1. The Morgan fingerprint density at radius 1 is 1.18 bits per heavy atom. The first-order valence-electron chi connectivity index (χ1n) is 6.15. The number of non-ortho nitro benzene ring substituents is 1. The number of nitrogens with zero attached hydrogens (tertiary/aromatic N) is 1. The molecular weight excluding hydrogens is 290 g/mol. The van der Waals surface area contributed by atoms with E-state index in [0.29, 0.717) is 6.29 Å². The van der Waals surface area contributed by atoms with E-state index in [0.717, 1.165) is 0 Å². The van der Waals surface area contributed by atoms with Gasteiger partial charge in [-0.25, -0.2) is 4.79 Å². The van der Waals surface area contributed by atoms with Gasteiger partial charge in [-0.2, -0.15) is 0 Å². The highest BCUT2D eigenvalue weighted by Crippen LogP contribution is 2.30. The van der Waals surface area contributed by atoms with Crippen LogP contribution >= 0.6 is 0 Å². The first-order valence-corrected chi connectivity index (χ1v) is 6.15. The number of rotatable bonds is 5. The highest BCUT2D eigenvalue weighted by atomic mass is 16.6. The first-order chi connectivity index (χ1) is 10.6. The topological polar surface area (TPSA) is 95.7 Å². The molecule has 2 aromatic carbocycles. The van der Waals surface area contributed by atoms with Crippen molar-refractivity contribution in [2.75, 3.05) is 7.11 Å². The molecule has 0 aliphatic carbocycles. The van der Waals surface area contributed by atoms with Crippen LogP contribution in [-0.4, -0.2) is 24.3 Å². The third kappa shape index (κ3) is 3.09. The summed E-state index contributed by atoms with van der Waals surface area (Å²) >= 11 is 0. The van der Waals surface area contributed by atoms with Crippen molar-refractivity contribution in [3.63, 3.8) is 0 Å². The summed E-state index contributed by atoms with van der Waals surface area (Å²) in [4.78, 5) is 33.1. The lowest BCUT2D eigenvalue weighted by molar-refractivity contribution is -0.384. The molecule has 0 fully saturated rings. The van der Waals surface area contributed by atoms with E-state index in [-0.39, 0.29) is 28.3 Å². The van der Waals surface area contributed by atoms with Crippen molar-refractivity contribution in [1.82, 2.24) is 0 Å². The Morgan fingerprint density at radius 2 is 1.86 bits per heavy atom. The molecule has 0 radical (unpaired) electrons. The van der Waals surface area contributed by atoms with Crippen LogP contribution in [0.3, 0.4) is 0 Å². The molecule has 0 atom stereocenters. The van der Waals surface area contributed by atoms with Gasteiger partial charge in [-0.05, 0) is 24.3 Å². The van der Waals surface area contributed by atoms with Crippen LogP contribution < -0.4 is 9.47 Å². The van der Waals surface area contributed by atoms with Crippen LogP contribution in [0.15, 0.2) is 42.5 Å². The van der Waals surface area contributed by atoms with Gasteiger partial charge >= 0.3 is 5.97 Å². The predicted molar refractivity (Wildman–Crippen MR) is 76.4 cm³/mol. The quantitative estimate of drug-likeness (QED) is 0.277. The Hall–Kier alpha value is -3.22. The molecule has 7 nitrogen and oxygen atoms in total. The second-order valence-electron chi connectivity index (χ2n) is 4.19. The lowest BCUT2D eigenvalue weighted by Gasteiger charge is -2.10. The molecule has 0 aromatic heterocycles. The molecule has 0 N–H and O–H groups in total. The number of nitro benzene ring substituents is 1. The highest BCUT2D eigenvalue weighted by Gasteiger charge is 2.17. The maximum atomic E-state index is 12.1. The van der Waals surface area contributed by atoms with Crippen molar-refractivity contribution < 1.29 is 24.0 Å². The van der Waals surface area contributed by atoms with Gasteiger partial charge in [0.05, 0.1) is 23.2 Å². The van der Waals surface area contributed by atoms with Crippen LogP contribution in [0.4, 0.5) is 5.69 Å². The molecule has 2 rings (SSSR count). The number of nitro groups is 1. The van der Waals surface area contributed by atoms with Crippen molar-refractivity contribution >= 4 is 17.9 Å². The van der Waals surface area contributed by atoms with Gasteiger partial charge in [-0.15, -0.1) is 0 Å². The van der Waals surface area contributed by atoms with Gasteiger partial charge < -0.3 is 9.47 Å². The highest BCUT2D eigenvalue weighted by molar-refractivity contribution is 5.93. The van der Waals surface area contributed by atoms with Crippen molar-refractivity contribution in [2.24, 2.45) is 0 Å². The fourth-order valence-corrected chi connectivity index (χ4v) is 1.77. The van der Waals surface area contributed by atoms with E-state index in [1.54, 1.807) is 12.1 Å². The zero-order chi connectivity index (χ0) is 16.1. The van der Waals surface area contributed by atoms with Crippen molar-refractivity contribution in [1.29, 1.82) is 0 Å². The van der Waals surface area contributed by atoms with Crippen LogP contribution in [0.5, 0.6) is 11.5 Å². The average molecular weight is 301 g/mol. The predicted octanol–water partition coefficient (Wildman–Crippen LogP) is 2.64. The average Bonchev–Trinajstić information content (AvgIpc) is 2.55. The van der Waals surface area contributed by atoms with Crippen LogP contribution in [-0.2, 0) is 0 Å². The fraction of sp³-hybridized carbons (Fsp3) is 0.0667. The molecule has 0 aliphatic rings. The molecule has 7 heteroatoms. The molecule has 112 valence electrons. The van der Waals surface area contributed by atoms with Crippen LogP contribution in [0, 0.1) is 10.1 Å². The molecule has 0 heterocycles. The van der Waals surface area contributed by atoms with Gasteiger partial charge in [0, 0.05) is 12.1 Å². The fourth-order valence-electron chi connectivity index (χ4n) is 1.77. The number of carbonyl (C=O) groups excluding carboxylic acids is 2. The summed E-state index contributed by atoms with van der Waals surface area (Å²) in [6.07, 6.45) is 0.543. The number of benzene rings is 2. The van der Waals surface area contributed by atoms with E-state index >= 15 is 0 Å². The normalized spacial score (nSPS) is 9.86. The molecule has 0 aliphatic heterocycles. The maximum absolute atomic E-state index is 12.1. The minimum absolute atomic E-state index is 0.00310. The Balaban J connectivity index is 2.29. The summed E-state index contributed by atoms with van der Waals surface area (Å²) in [5, 5.41) is 10.6. The molecule has 2 aromatic rings. The third-order valence-corrected chi connectivity index (χ3v) is 2.86. The second kappa shape index (κ2) is 6.49. The van der Waals surface area contributed by atoms with Gasteiger partial charge in [-0.1, -0.05) is 6.07 Å². The number of ether oxygens (including phenoxy) is 2. The summed E-state index contributed by atoms with van der Waals surface area (Å²) in [5.74, 6) is -0.509. The number of hydrogen-bond donors (Lipinski definition) is 0. The van der Waals surface area contributed by atoms with Crippen molar-refractivity contribution in [3.05, 3.63) is 63.7 Å². The second-order valence-corrected chi connectivity index (χ2v) is 4.19. The van der Waals surface area contributed by atoms with Crippen LogP contribution in [0.25, 0.3) is 0 Å². The molecule has 22 heavy (non-hydrogen) atoms. The Labute approximate surface area is 125 Å². The Morgan fingerprint density at radius 3 is 2.41 bits per heavy atom. The Kier molecular flexibility index (Phi) is 4.47. The van der Waals surface area contributed by atoms with E-state index in [1.807, 2.05) is 0 Å². The van der Waals surface area contributed by atoms with Crippen LogP contribution in [0.2, 0.25) is 0 Å². The molecule has 0 spiro atoms. The monoisotopic (exact) mass is 301 g/mol. The summed E-state index contributed by atoms with van der Waals surface area (Å²) in [7, 11) is 1.38. The molecule has 0 bridgehead atoms. The number of carbonyl (C=O) groups is 2. The summed E-state index contributed by atoms with van der Waals surface area (Å²) in [5.41, 5.74) is 0.144. The standard InChI is InChI=1S/C15H11NO6/c1-21-13-4-2-3-11(9-17)14(13)22-15(18)10-5-7-12(8-6-10)16(19)20/h2-9H,1H3. The number of esters is 1. The third-order valence-electron chi connectivity index (χ3n) is 2.86. The lowest BCUT2D eigenvalue weighted by Crippen LogP contribution is -2.10. The van der Waals surface area contributed by atoms with E-state index < -0.39 is 10.9 Å². The molecule has 0 amide bonds. The lowest BCUT2D eigenvalue weighted by atomic mass is 10.2. The largest absolute Gasteiger partial charge is 0.493 e.